The summed E-state index contributed by atoms with van der Waals surface area (Å²) in [6, 6.07) is 12.9. The second kappa shape index (κ2) is 10.5. The topological polar surface area (TPSA) is 92.6 Å². The average Bonchev–Trinajstić information content (AvgIpc) is 3.58. The Hall–Kier alpha value is -4.28. The van der Waals surface area contributed by atoms with Crippen LogP contribution in [-0.4, -0.2) is 46.4 Å². The van der Waals surface area contributed by atoms with Crippen molar-refractivity contribution >= 4 is 28.7 Å². The van der Waals surface area contributed by atoms with Gasteiger partial charge in [0.1, 0.15) is 5.75 Å². The smallest absolute Gasteiger partial charge is 0.390 e. The molecule has 3 N–H and O–H groups in total. The predicted molar refractivity (Wildman–Crippen MR) is 144 cm³/mol. The van der Waals surface area contributed by atoms with E-state index in [0.29, 0.717) is 28.4 Å². The van der Waals surface area contributed by atoms with Crippen molar-refractivity contribution in [1.82, 2.24) is 19.9 Å². The fourth-order valence-corrected chi connectivity index (χ4v) is 4.37. The van der Waals surface area contributed by atoms with Gasteiger partial charge in [0, 0.05) is 35.5 Å². The van der Waals surface area contributed by atoms with Crippen LogP contribution in [0.3, 0.4) is 0 Å². The van der Waals surface area contributed by atoms with Gasteiger partial charge in [-0.15, -0.1) is 5.10 Å². The molecule has 0 spiro atoms. The molecule has 1 saturated carbocycles. The summed E-state index contributed by atoms with van der Waals surface area (Å²) in [7, 11) is 1.60. The average molecular weight is 539 g/mol. The number of halogens is 3. The Kier molecular flexibility index (Phi) is 7.07. The van der Waals surface area contributed by atoms with Crippen LogP contribution in [0, 0.1) is 13.8 Å². The molecule has 0 unspecified atom stereocenters. The number of hydrogen-bond acceptors (Lipinski definition) is 6. The molecule has 0 saturated heterocycles. The van der Waals surface area contributed by atoms with Gasteiger partial charge in [0.2, 0.25) is 0 Å². The van der Waals surface area contributed by atoms with Crippen LogP contribution in [0.25, 0.3) is 16.9 Å². The molecule has 204 valence electrons. The number of alkyl halides is 3. The number of aromatic nitrogens is 3. The highest BCUT2D eigenvalue weighted by molar-refractivity contribution is 5.96. The lowest BCUT2D eigenvalue weighted by Crippen LogP contribution is -2.26. The molecule has 11 heteroatoms. The first kappa shape index (κ1) is 26.3. The zero-order chi connectivity index (χ0) is 27.7. The maximum atomic E-state index is 12.8. The molecule has 39 heavy (non-hydrogen) atoms. The minimum Gasteiger partial charge on any atom is -0.496 e. The monoisotopic (exact) mass is 538 g/mol. The van der Waals surface area contributed by atoms with Crippen LogP contribution >= 0.6 is 0 Å². The van der Waals surface area contributed by atoms with E-state index in [-0.39, 0.29) is 18.5 Å². The molecular formula is C28H29F3N6O2. The number of anilines is 3. The molecule has 2 aromatic heterocycles. The largest absolute Gasteiger partial charge is 0.496 e. The molecule has 0 atom stereocenters. The fourth-order valence-electron chi connectivity index (χ4n) is 4.37. The van der Waals surface area contributed by atoms with Crippen LogP contribution in [0.4, 0.5) is 30.4 Å². The van der Waals surface area contributed by atoms with Crippen molar-refractivity contribution in [2.45, 2.75) is 45.3 Å². The molecule has 2 heterocycles. The van der Waals surface area contributed by atoms with Gasteiger partial charge in [-0.05, 0) is 68.1 Å². The van der Waals surface area contributed by atoms with E-state index < -0.39 is 12.6 Å². The van der Waals surface area contributed by atoms with Crippen molar-refractivity contribution in [2.75, 3.05) is 24.3 Å². The van der Waals surface area contributed by atoms with Crippen LogP contribution in [0.5, 0.6) is 5.75 Å². The first-order valence-electron chi connectivity index (χ1n) is 12.6. The van der Waals surface area contributed by atoms with E-state index >= 15 is 0 Å². The number of nitrogens with one attached hydrogen (secondary N) is 3. The van der Waals surface area contributed by atoms with Crippen molar-refractivity contribution in [1.29, 1.82) is 0 Å². The number of ether oxygens (including phenoxy) is 1. The summed E-state index contributed by atoms with van der Waals surface area (Å²) in [6.45, 7) is 3.47. The van der Waals surface area contributed by atoms with Crippen LogP contribution < -0.4 is 20.7 Å². The van der Waals surface area contributed by atoms with Gasteiger partial charge >= 0.3 is 6.18 Å². The second-order valence-corrected chi connectivity index (χ2v) is 9.70. The van der Waals surface area contributed by atoms with E-state index in [4.69, 9.17) is 9.84 Å². The van der Waals surface area contributed by atoms with Gasteiger partial charge in [-0.25, -0.2) is 9.50 Å². The third-order valence-electron chi connectivity index (χ3n) is 6.54. The van der Waals surface area contributed by atoms with E-state index in [2.05, 4.69) is 20.9 Å². The molecule has 1 aliphatic rings. The summed E-state index contributed by atoms with van der Waals surface area (Å²) in [5, 5.41) is 13.8. The van der Waals surface area contributed by atoms with E-state index in [1.54, 1.807) is 30.0 Å². The second-order valence-electron chi connectivity index (χ2n) is 9.70. The van der Waals surface area contributed by atoms with Gasteiger partial charge < -0.3 is 20.7 Å². The zero-order valence-corrected chi connectivity index (χ0v) is 21.8. The van der Waals surface area contributed by atoms with E-state index in [1.165, 1.54) is 0 Å². The molecule has 1 aliphatic carbocycles. The number of fused-ring (bicyclic) bond motifs is 1. The number of imidazole rings is 1. The molecule has 0 aliphatic heterocycles. The number of amides is 1. The summed E-state index contributed by atoms with van der Waals surface area (Å²) in [4.78, 5) is 17.0. The highest BCUT2D eigenvalue weighted by atomic mass is 19.4. The van der Waals surface area contributed by atoms with Crippen LogP contribution in [0.2, 0.25) is 0 Å². The Morgan fingerprint density at radius 2 is 1.90 bits per heavy atom. The first-order valence-corrected chi connectivity index (χ1v) is 12.6. The van der Waals surface area contributed by atoms with Crippen molar-refractivity contribution in [3.05, 3.63) is 65.4 Å². The lowest BCUT2D eigenvalue weighted by Gasteiger charge is -2.14. The number of methoxy groups -OCH3 is 1. The van der Waals surface area contributed by atoms with Crippen molar-refractivity contribution in [2.24, 2.45) is 0 Å². The third-order valence-corrected chi connectivity index (χ3v) is 6.54. The minimum absolute atomic E-state index is 0.102. The number of carbonyl (C=O) groups excluding carboxylic acids is 1. The number of benzene rings is 2. The van der Waals surface area contributed by atoms with E-state index in [0.717, 1.165) is 41.0 Å². The molecule has 8 nitrogen and oxygen atoms in total. The number of rotatable bonds is 9. The predicted octanol–water partition coefficient (Wildman–Crippen LogP) is 6.02. The van der Waals surface area contributed by atoms with Crippen molar-refractivity contribution in [3.8, 4) is 17.0 Å². The summed E-state index contributed by atoms with van der Waals surface area (Å²) < 4.78 is 45.4. The Morgan fingerprint density at radius 1 is 1.10 bits per heavy atom. The maximum absolute atomic E-state index is 12.8. The van der Waals surface area contributed by atoms with Crippen molar-refractivity contribution in [3.63, 3.8) is 0 Å². The van der Waals surface area contributed by atoms with E-state index in [9.17, 15) is 18.0 Å². The number of hydrogen-bond donors (Lipinski definition) is 3. The molecule has 2 aromatic carbocycles. The molecule has 0 bridgehead atoms. The molecule has 1 amide bonds. The summed E-state index contributed by atoms with van der Waals surface area (Å²) in [5.74, 6) is 1.05. The van der Waals surface area contributed by atoms with Crippen LogP contribution in [0.15, 0.2) is 48.7 Å². The lowest BCUT2D eigenvalue weighted by molar-refractivity contribution is -0.131. The molecular weight excluding hydrogens is 509 g/mol. The highest BCUT2D eigenvalue weighted by Gasteiger charge is 2.27. The maximum Gasteiger partial charge on any atom is 0.390 e. The Balaban J connectivity index is 1.51. The Labute approximate surface area is 223 Å². The van der Waals surface area contributed by atoms with Gasteiger partial charge in [0.25, 0.3) is 5.91 Å². The summed E-state index contributed by atoms with van der Waals surface area (Å²) in [6.07, 6.45) is -1.65. The Bertz CT molecular complexity index is 1530. The lowest BCUT2D eigenvalue weighted by atomic mass is 10.0. The fraction of sp³-hybridized carbons (Fsp3) is 0.321. The van der Waals surface area contributed by atoms with E-state index in [1.807, 2.05) is 44.2 Å². The highest BCUT2D eigenvalue weighted by Crippen LogP contribution is 2.30. The quantitative estimate of drug-likeness (QED) is 0.241. The van der Waals surface area contributed by atoms with Gasteiger partial charge in [0.15, 0.2) is 11.5 Å². The van der Waals surface area contributed by atoms with Crippen LogP contribution in [0.1, 0.15) is 40.7 Å². The SMILES string of the molecule is COc1ccc(Nc2cc(NCCC(F)(F)F)c3ncc(-c4ccc(C(=O)NC5CC5)c(C)c4)n3n2)cc1C. The van der Waals surface area contributed by atoms with Gasteiger partial charge in [0.05, 0.1) is 31.1 Å². The standard InChI is InChI=1S/C28H29F3N6O2/c1-16-12-18(4-8-21(16)27(38)35-19-5-6-19)23-15-33-26-22(32-11-10-28(29,30)31)14-25(36-37(23)26)34-20-7-9-24(39-3)17(2)13-20/h4,7-9,12-15,19,32H,5-6,10-11H2,1-3H3,(H,34,36)(H,35,38). The van der Waals surface area contributed by atoms with Gasteiger partial charge in [-0.2, -0.15) is 13.2 Å². The third kappa shape index (κ3) is 6.08. The molecule has 0 radical (unpaired) electrons. The Morgan fingerprint density at radius 3 is 2.56 bits per heavy atom. The normalized spacial score (nSPS) is 13.4. The minimum atomic E-state index is -4.29. The van der Waals surface area contributed by atoms with Crippen molar-refractivity contribution < 1.29 is 22.7 Å². The van der Waals surface area contributed by atoms with Gasteiger partial charge in [-0.3, -0.25) is 4.79 Å². The molecule has 5 rings (SSSR count). The van der Waals surface area contributed by atoms with Crippen LogP contribution in [-0.2, 0) is 0 Å². The molecule has 1 fully saturated rings. The number of aryl methyl sites for hydroxylation is 2. The first-order chi connectivity index (χ1) is 18.6. The number of nitrogens with zero attached hydrogens (tertiary/aromatic N) is 3. The summed E-state index contributed by atoms with van der Waals surface area (Å²) in [5.41, 5.74) is 5.25. The molecule has 4 aromatic rings. The zero-order valence-electron chi connectivity index (χ0n) is 21.8. The summed E-state index contributed by atoms with van der Waals surface area (Å²) >= 11 is 0. The number of carbonyl (C=O) groups is 1. The van der Waals surface area contributed by atoms with Gasteiger partial charge in [-0.1, -0.05) is 6.07 Å².